The molecule has 4 nitrogen and oxygen atoms in total. The van der Waals surface area contributed by atoms with Crippen molar-refractivity contribution >= 4 is 17.6 Å². The van der Waals surface area contributed by atoms with Gasteiger partial charge in [0.2, 0.25) is 0 Å². The number of esters is 1. The summed E-state index contributed by atoms with van der Waals surface area (Å²) in [7, 11) is 0. The molecule has 0 amide bonds. The van der Waals surface area contributed by atoms with Gasteiger partial charge in [-0.25, -0.2) is 0 Å². The number of rotatable bonds is 5. The van der Waals surface area contributed by atoms with E-state index in [9.17, 15) is 4.79 Å². The van der Waals surface area contributed by atoms with Gasteiger partial charge in [0.15, 0.2) is 0 Å². The molecule has 0 saturated carbocycles. The molecule has 1 fully saturated rings. The minimum atomic E-state index is -0.202. The van der Waals surface area contributed by atoms with Crippen molar-refractivity contribution in [2.45, 2.75) is 19.9 Å². The highest BCUT2D eigenvalue weighted by atomic mass is 35.5. The van der Waals surface area contributed by atoms with Crippen LogP contribution in [0.1, 0.15) is 18.1 Å². The lowest BCUT2D eigenvalue weighted by Crippen LogP contribution is -2.35. The number of carbonyl (C=O) groups is 1. The maximum atomic E-state index is 11.5. The number of nitrogens with zero attached hydrogens (tertiary/aromatic N) is 1. The Hall–Kier alpha value is -1.10. The highest BCUT2D eigenvalue weighted by molar-refractivity contribution is 6.31. The summed E-state index contributed by atoms with van der Waals surface area (Å²) in [6, 6.07) is 5.72. The Morgan fingerprint density at radius 1 is 1.40 bits per heavy atom. The van der Waals surface area contributed by atoms with Gasteiger partial charge in [-0.2, -0.15) is 0 Å². The zero-order valence-corrected chi connectivity index (χ0v) is 12.5. The molecule has 0 N–H and O–H groups in total. The van der Waals surface area contributed by atoms with Crippen LogP contribution < -0.4 is 0 Å². The van der Waals surface area contributed by atoms with Crippen molar-refractivity contribution in [3.05, 3.63) is 34.3 Å². The smallest absolute Gasteiger partial charge is 0.310 e. The zero-order chi connectivity index (χ0) is 14.4. The van der Waals surface area contributed by atoms with Gasteiger partial charge in [0, 0.05) is 24.7 Å². The Bertz CT molecular complexity index is 458. The molecule has 0 aromatic heterocycles. The summed E-state index contributed by atoms with van der Waals surface area (Å²) in [6.07, 6.45) is 0.293. The van der Waals surface area contributed by atoms with Crippen LogP contribution in [0, 0.1) is 0 Å². The summed E-state index contributed by atoms with van der Waals surface area (Å²) < 4.78 is 10.3. The minimum Gasteiger partial charge on any atom is -0.466 e. The summed E-state index contributed by atoms with van der Waals surface area (Å²) >= 11 is 6.24. The maximum absolute atomic E-state index is 11.5. The highest BCUT2D eigenvalue weighted by Gasteiger charge is 2.13. The van der Waals surface area contributed by atoms with Gasteiger partial charge in [-0.3, -0.25) is 9.69 Å². The second kappa shape index (κ2) is 7.62. The van der Waals surface area contributed by atoms with E-state index in [0.29, 0.717) is 13.0 Å². The van der Waals surface area contributed by atoms with Gasteiger partial charge in [0.1, 0.15) is 0 Å². The molecule has 0 bridgehead atoms. The van der Waals surface area contributed by atoms with E-state index in [1.807, 2.05) is 25.1 Å². The van der Waals surface area contributed by atoms with Crippen molar-refractivity contribution in [1.82, 2.24) is 4.90 Å². The van der Waals surface area contributed by atoms with Crippen LogP contribution in [0.25, 0.3) is 0 Å². The Balaban J connectivity index is 2.02. The topological polar surface area (TPSA) is 38.8 Å². The molecule has 0 aliphatic carbocycles. The molecule has 0 unspecified atom stereocenters. The second-order valence-corrected chi connectivity index (χ2v) is 5.20. The van der Waals surface area contributed by atoms with Crippen LogP contribution in [0.15, 0.2) is 18.2 Å². The molecule has 1 aliphatic heterocycles. The van der Waals surface area contributed by atoms with Crippen LogP contribution >= 0.6 is 11.6 Å². The zero-order valence-electron chi connectivity index (χ0n) is 11.7. The van der Waals surface area contributed by atoms with Crippen LogP contribution in [0.4, 0.5) is 0 Å². The first-order valence-electron chi connectivity index (χ1n) is 6.92. The average Bonchev–Trinajstić information content (AvgIpc) is 2.44. The van der Waals surface area contributed by atoms with Gasteiger partial charge in [-0.15, -0.1) is 0 Å². The van der Waals surface area contributed by atoms with E-state index in [0.717, 1.165) is 49.0 Å². The Labute approximate surface area is 124 Å². The fraction of sp³-hybridized carbons (Fsp3) is 0.533. The molecule has 1 heterocycles. The molecule has 110 valence electrons. The monoisotopic (exact) mass is 297 g/mol. The minimum absolute atomic E-state index is 0.202. The normalized spacial score (nSPS) is 16.1. The van der Waals surface area contributed by atoms with Gasteiger partial charge in [-0.1, -0.05) is 23.7 Å². The Morgan fingerprint density at radius 2 is 2.15 bits per heavy atom. The van der Waals surface area contributed by atoms with Crippen molar-refractivity contribution in [3.63, 3.8) is 0 Å². The molecule has 1 saturated heterocycles. The van der Waals surface area contributed by atoms with Crippen molar-refractivity contribution in [3.8, 4) is 0 Å². The van der Waals surface area contributed by atoms with Crippen molar-refractivity contribution in [2.24, 2.45) is 0 Å². The van der Waals surface area contributed by atoms with Crippen molar-refractivity contribution in [2.75, 3.05) is 32.9 Å². The number of carbonyl (C=O) groups excluding carboxylic acids is 1. The largest absolute Gasteiger partial charge is 0.466 e. The third-order valence-electron chi connectivity index (χ3n) is 3.26. The molecule has 5 heteroatoms. The molecule has 20 heavy (non-hydrogen) atoms. The average molecular weight is 298 g/mol. The lowest BCUT2D eigenvalue weighted by Gasteiger charge is -2.27. The summed E-state index contributed by atoms with van der Waals surface area (Å²) in [5.41, 5.74) is 1.99. The van der Waals surface area contributed by atoms with E-state index in [2.05, 4.69) is 4.90 Å². The Kier molecular flexibility index (Phi) is 5.83. The molecule has 0 radical (unpaired) electrons. The van der Waals surface area contributed by atoms with Crippen LogP contribution in [0.5, 0.6) is 0 Å². The number of halogens is 1. The SMILES string of the molecule is CCOC(=O)Cc1ccc(Cl)c(CN2CCOCC2)c1. The summed E-state index contributed by atoms with van der Waals surface area (Å²) in [4.78, 5) is 13.8. The van der Waals surface area contributed by atoms with Gasteiger partial charge >= 0.3 is 5.97 Å². The lowest BCUT2D eigenvalue weighted by molar-refractivity contribution is -0.142. The molecule has 0 spiro atoms. The van der Waals surface area contributed by atoms with Crippen LogP contribution in [0.3, 0.4) is 0 Å². The molecule has 2 rings (SSSR count). The summed E-state index contributed by atoms with van der Waals surface area (Å²) in [5.74, 6) is -0.202. The predicted octanol–water partition coefficient (Wildman–Crippen LogP) is 2.28. The predicted molar refractivity (Wildman–Crippen MR) is 77.9 cm³/mol. The molecular weight excluding hydrogens is 278 g/mol. The fourth-order valence-corrected chi connectivity index (χ4v) is 2.42. The highest BCUT2D eigenvalue weighted by Crippen LogP contribution is 2.20. The van der Waals surface area contributed by atoms with Gasteiger partial charge in [0.05, 0.1) is 26.2 Å². The first-order valence-corrected chi connectivity index (χ1v) is 7.30. The molecule has 1 aromatic rings. The van der Waals surface area contributed by atoms with Gasteiger partial charge in [0.25, 0.3) is 0 Å². The van der Waals surface area contributed by atoms with E-state index in [4.69, 9.17) is 21.1 Å². The summed E-state index contributed by atoms with van der Waals surface area (Å²) in [6.45, 7) is 6.37. The van der Waals surface area contributed by atoms with Gasteiger partial charge < -0.3 is 9.47 Å². The van der Waals surface area contributed by atoms with E-state index < -0.39 is 0 Å². The second-order valence-electron chi connectivity index (χ2n) is 4.80. The number of morpholine rings is 1. The maximum Gasteiger partial charge on any atom is 0.310 e. The van der Waals surface area contributed by atoms with Crippen LogP contribution in [-0.4, -0.2) is 43.8 Å². The first-order chi connectivity index (χ1) is 9.69. The molecule has 1 aromatic carbocycles. The van der Waals surface area contributed by atoms with E-state index in [1.54, 1.807) is 0 Å². The third-order valence-corrected chi connectivity index (χ3v) is 3.63. The molecular formula is C15H20ClNO3. The third kappa shape index (κ3) is 4.47. The molecule has 0 atom stereocenters. The summed E-state index contributed by atoms with van der Waals surface area (Å²) in [5, 5.41) is 0.740. The lowest BCUT2D eigenvalue weighted by atomic mass is 10.1. The Morgan fingerprint density at radius 3 is 2.85 bits per heavy atom. The van der Waals surface area contributed by atoms with Crippen molar-refractivity contribution in [1.29, 1.82) is 0 Å². The number of ether oxygens (including phenoxy) is 2. The van der Waals surface area contributed by atoms with E-state index in [-0.39, 0.29) is 5.97 Å². The fourth-order valence-electron chi connectivity index (χ4n) is 2.24. The van der Waals surface area contributed by atoms with Crippen molar-refractivity contribution < 1.29 is 14.3 Å². The number of hydrogen-bond acceptors (Lipinski definition) is 4. The van der Waals surface area contributed by atoms with E-state index >= 15 is 0 Å². The van der Waals surface area contributed by atoms with Crippen LogP contribution in [0.2, 0.25) is 5.02 Å². The van der Waals surface area contributed by atoms with Gasteiger partial charge in [-0.05, 0) is 24.1 Å². The molecule has 1 aliphatic rings. The van der Waals surface area contributed by atoms with Crippen LogP contribution in [-0.2, 0) is 27.2 Å². The quantitative estimate of drug-likeness (QED) is 0.782. The standard InChI is InChI=1S/C15H20ClNO3/c1-2-20-15(18)10-12-3-4-14(16)13(9-12)11-17-5-7-19-8-6-17/h3-4,9H,2,5-8,10-11H2,1H3. The van der Waals surface area contributed by atoms with E-state index in [1.165, 1.54) is 0 Å². The number of hydrogen-bond donors (Lipinski definition) is 0. The first kappa shape index (κ1) is 15.3. The number of benzene rings is 1.